The Morgan fingerprint density at radius 1 is 1.05 bits per heavy atom. The number of aryl methyl sites for hydroxylation is 3. The zero-order valence-corrected chi connectivity index (χ0v) is 13.7. The molecule has 2 fully saturated rings. The fraction of sp³-hybridized carbons (Fsp3) is 0.647. The first-order valence-electron chi connectivity index (χ1n) is 7.63. The summed E-state index contributed by atoms with van der Waals surface area (Å²) in [5, 5.41) is 3.55. The van der Waals surface area contributed by atoms with E-state index in [0.29, 0.717) is 0 Å². The van der Waals surface area contributed by atoms with Crippen LogP contribution in [0.5, 0.6) is 0 Å². The minimum atomic E-state index is 0. The summed E-state index contributed by atoms with van der Waals surface area (Å²) in [6.07, 6.45) is 1.38. The third kappa shape index (κ3) is 3.19. The van der Waals surface area contributed by atoms with E-state index in [1.165, 1.54) is 54.9 Å². The maximum atomic E-state index is 3.55. The van der Waals surface area contributed by atoms with Crippen LogP contribution in [-0.2, 0) is 6.54 Å². The third-order valence-corrected chi connectivity index (χ3v) is 5.13. The summed E-state index contributed by atoms with van der Waals surface area (Å²) in [5.41, 5.74) is 5.82. The van der Waals surface area contributed by atoms with Gasteiger partial charge in [-0.05, 0) is 80.9 Å². The molecule has 0 saturated carbocycles. The lowest BCUT2D eigenvalue weighted by Gasteiger charge is -2.34. The Hall–Kier alpha value is -0.570. The molecule has 2 saturated heterocycles. The van der Waals surface area contributed by atoms with E-state index in [-0.39, 0.29) is 12.4 Å². The second kappa shape index (κ2) is 6.46. The van der Waals surface area contributed by atoms with Crippen molar-refractivity contribution in [2.75, 3.05) is 26.2 Å². The molecular formula is C17H27ClN2. The molecule has 1 N–H and O–H groups in total. The van der Waals surface area contributed by atoms with Crippen LogP contribution in [0.3, 0.4) is 0 Å². The molecule has 0 amide bonds. The van der Waals surface area contributed by atoms with Gasteiger partial charge in [0, 0.05) is 13.1 Å². The van der Waals surface area contributed by atoms with Crippen LogP contribution in [0.25, 0.3) is 0 Å². The van der Waals surface area contributed by atoms with Gasteiger partial charge in [-0.2, -0.15) is 0 Å². The molecule has 1 aromatic rings. The van der Waals surface area contributed by atoms with Gasteiger partial charge >= 0.3 is 0 Å². The Bertz CT molecular complexity index is 472. The van der Waals surface area contributed by atoms with Crippen LogP contribution < -0.4 is 5.32 Å². The Kier molecular flexibility index (Phi) is 5.11. The van der Waals surface area contributed by atoms with E-state index in [0.717, 1.165) is 18.4 Å². The summed E-state index contributed by atoms with van der Waals surface area (Å²) >= 11 is 0. The Labute approximate surface area is 129 Å². The first-order valence-corrected chi connectivity index (χ1v) is 7.63. The van der Waals surface area contributed by atoms with Gasteiger partial charge in [0.05, 0.1) is 0 Å². The average Bonchev–Trinajstić information content (AvgIpc) is 2.83. The number of likely N-dealkylation sites (tertiary alicyclic amines) is 1. The second-order valence-corrected chi connectivity index (χ2v) is 6.57. The number of halogens is 1. The van der Waals surface area contributed by atoms with Crippen LogP contribution in [0.15, 0.2) is 12.1 Å². The van der Waals surface area contributed by atoms with Gasteiger partial charge in [0.1, 0.15) is 0 Å². The number of hydrogen-bond donors (Lipinski definition) is 1. The monoisotopic (exact) mass is 294 g/mol. The van der Waals surface area contributed by atoms with Gasteiger partial charge in [-0.25, -0.2) is 0 Å². The van der Waals surface area contributed by atoms with E-state index in [1.807, 2.05) is 0 Å². The molecule has 112 valence electrons. The number of benzene rings is 1. The number of rotatable bonds is 2. The molecule has 0 spiro atoms. The third-order valence-electron chi connectivity index (χ3n) is 5.13. The fourth-order valence-corrected chi connectivity index (χ4v) is 3.69. The molecule has 2 unspecified atom stereocenters. The molecule has 2 heterocycles. The van der Waals surface area contributed by atoms with Crippen molar-refractivity contribution in [3.05, 3.63) is 34.4 Å². The lowest BCUT2D eigenvalue weighted by Crippen LogP contribution is -2.39. The SMILES string of the molecule is Cc1cc(C)c(CN2CCC3CNCC3C2)cc1C.Cl. The van der Waals surface area contributed by atoms with E-state index in [4.69, 9.17) is 0 Å². The Balaban J connectivity index is 0.00000147. The van der Waals surface area contributed by atoms with Crippen LogP contribution in [-0.4, -0.2) is 31.1 Å². The highest BCUT2D eigenvalue weighted by Gasteiger charge is 2.32. The molecule has 1 aromatic carbocycles. The van der Waals surface area contributed by atoms with Gasteiger partial charge in [0.15, 0.2) is 0 Å². The number of hydrogen-bond acceptors (Lipinski definition) is 2. The van der Waals surface area contributed by atoms with E-state index >= 15 is 0 Å². The van der Waals surface area contributed by atoms with E-state index in [2.05, 4.69) is 43.1 Å². The Morgan fingerprint density at radius 3 is 2.55 bits per heavy atom. The van der Waals surface area contributed by atoms with Crippen molar-refractivity contribution in [3.63, 3.8) is 0 Å². The summed E-state index contributed by atoms with van der Waals surface area (Å²) in [6, 6.07) is 4.73. The minimum Gasteiger partial charge on any atom is -0.316 e. The van der Waals surface area contributed by atoms with Gasteiger partial charge in [-0.1, -0.05) is 12.1 Å². The van der Waals surface area contributed by atoms with Crippen molar-refractivity contribution < 1.29 is 0 Å². The van der Waals surface area contributed by atoms with E-state index in [9.17, 15) is 0 Å². The lowest BCUT2D eigenvalue weighted by molar-refractivity contribution is 0.142. The molecule has 2 atom stereocenters. The topological polar surface area (TPSA) is 15.3 Å². The highest BCUT2D eigenvalue weighted by molar-refractivity contribution is 5.85. The quantitative estimate of drug-likeness (QED) is 0.902. The van der Waals surface area contributed by atoms with Gasteiger partial charge in [-0.3, -0.25) is 4.90 Å². The fourth-order valence-electron chi connectivity index (χ4n) is 3.69. The van der Waals surface area contributed by atoms with Crippen molar-refractivity contribution >= 4 is 12.4 Å². The first kappa shape index (κ1) is 15.8. The van der Waals surface area contributed by atoms with Gasteiger partial charge < -0.3 is 5.32 Å². The number of nitrogens with zero attached hydrogens (tertiary/aromatic N) is 1. The van der Waals surface area contributed by atoms with Crippen LogP contribution in [0.2, 0.25) is 0 Å². The van der Waals surface area contributed by atoms with Crippen molar-refractivity contribution in [1.29, 1.82) is 0 Å². The van der Waals surface area contributed by atoms with Crippen LogP contribution >= 0.6 is 12.4 Å². The maximum Gasteiger partial charge on any atom is 0.0236 e. The van der Waals surface area contributed by atoms with Gasteiger partial charge in [0.25, 0.3) is 0 Å². The van der Waals surface area contributed by atoms with Gasteiger partial charge in [0.2, 0.25) is 0 Å². The smallest absolute Gasteiger partial charge is 0.0236 e. The molecule has 3 rings (SSSR count). The molecule has 3 heteroatoms. The zero-order valence-electron chi connectivity index (χ0n) is 12.9. The normalized spacial score (nSPS) is 26.1. The molecule has 0 radical (unpaired) electrons. The zero-order chi connectivity index (χ0) is 13.4. The molecule has 0 aromatic heterocycles. The second-order valence-electron chi connectivity index (χ2n) is 6.57. The molecule has 2 nitrogen and oxygen atoms in total. The number of fused-ring (bicyclic) bond motifs is 1. The predicted octanol–water partition coefficient (Wildman–Crippen LogP) is 3.07. The molecule has 2 aliphatic heterocycles. The van der Waals surface area contributed by atoms with E-state index < -0.39 is 0 Å². The van der Waals surface area contributed by atoms with Gasteiger partial charge in [-0.15, -0.1) is 12.4 Å². The summed E-state index contributed by atoms with van der Waals surface area (Å²) < 4.78 is 0. The summed E-state index contributed by atoms with van der Waals surface area (Å²) in [6.45, 7) is 12.9. The highest BCUT2D eigenvalue weighted by atomic mass is 35.5. The summed E-state index contributed by atoms with van der Waals surface area (Å²) in [4.78, 5) is 2.66. The minimum absolute atomic E-state index is 0. The molecule has 0 aliphatic carbocycles. The van der Waals surface area contributed by atoms with Crippen molar-refractivity contribution in [2.45, 2.75) is 33.7 Å². The van der Waals surface area contributed by atoms with Crippen LogP contribution in [0, 0.1) is 32.6 Å². The average molecular weight is 295 g/mol. The summed E-state index contributed by atoms with van der Waals surface area (Å²) in [5.74, 6) is 1.83. The summed E-state index contributed by atoms with van der Waals surface area (Å²) in [7, 11) is 0. The number of nitrogens with one attached hydrogen (secondary N) is 1. The lowest BCUT2D eigenvalue weighted by atomic mass is 9.88. The van der Waals surface area contributed by atoms with Crippen molar-refractivity contribution in [3.8, 4) is 0 Å². The van der Waals surface area contributed by atoms with Crippen LogP contribution in [0.1, 0.15) is 28.7 Å². The molecule has 2 aliphatic rings. The van der Waals surface area contributed by atoms with E-state index in [1.54, 1.807) is 0 Å². The molecule has 20 heavy (non-hydrogen) atoms. The first-order chi connectivity index (χ1) is 9.13. The molecule has 0 bridgehead atoms. The standard InChI is InChI=1S/C17H26N2.ClH/c1-12-6-14(3)16(7-13(12)2)10-19-5-4-15-8-18-9-17(15)11-19;/h6-7,15,17-18H,4-5,8-11H2,1-3H3;1H. The Morgan fingerprint density at radius 2 is 1.75 bits per heavy atom. The predicted molar refractivity (Wildman–Crippen MR) is 87.6 cm³/mol. The maximum absolute atomic E-state index is 3.55. The largest absolute Gasteiger partial charge is 0.316 e. The number of piperidine rings is 1. The molecular weight excluding hydrogens is 268 g/mol. The van der Waals surface area contributed by atoms with Crippen LogP contribution in [0.4, 0.5) is 0 Å². The van der Waals surface area contributed by atoms with Crippen molar-refractivity contribution in [1.82, 2.24) is 10.2 Å². The highest BCUT2D eigenvalue weighted by Crippen LogP contribution is 2.28. The van der Waals surface area contributed by atoms with Crippen molar-refractivity contribution in [2.24, 2.45) is 11.8 Å².